The minimum absolute atomic E-state index is 0.0622. The van der Waals surface area contributed by atoms with Crippen LogP contribution < -0.4 is 0 Å². The summed E-state index contributed by atoms with van der Waals surface area (Å²) in [4.78, 5) is 32.3. The molecule has 0 saturated carbocycles. The Kier molecular flexibility index (Phi) is 6.23. The van der Waals surface area contributed by atoms with E-state index in [4.69, 9.17) is 0 Å². The van der Waals surface area contributed by atoms with Gasteiger partial charge in [-0.25, -0.2) is 13.8 Å². The molecule has 0 spiro atoms. The van der Waals surface area contributed by atoms with Crippen molar-refractivity contribution in [3.8, 4) is 0 Å². The van der Waals surface area contributed by atoms with Gasteiger partial charge in [-0.2, -0.15) is 0 Å². The Balaban J connectivity index is 1.65. The van der Waals surface area contributed by atoms with Crippen molar-refractivity contribution in [2.45, 2.75) is 40.0 Å². The second-order valence-corrected chi connectivity index (χ2v) is 8.76. The first-order chi connectivity index (χ1) is 13.3. The molecular weight excluding hydrogens is 382 g/mol. The number of piperidine rings is 1. The molecule has 0 aliphatic carbocycles. The highest BCUT2D eigenvalue weighted by atomic mass is 32.1. The molecule has 1 aliphatic heterocycles. The molecule has 0 bridgehead atoms. The fourth-order valence-corrected chi connectivity index (χ4v) is 4.73. The standard InChI is InChI=1S/C21H24F2N2O2S/c1-12(2)10-18-24-13(3)20(28-18)21(27)25-8-6-14(7-9-25)19(26)16-11-15(22)4-5-17(16)23/h4-5,11-12,14H,6-10H2,1-3H3. The molecule has 0 unspecified atom stereocenters. The monoisotopic (exact) mass is 406 g/mol. The largest absolute Gasteiger partial charge is 0.338 e. The van der Waals surface area contributed by atoms with Gasteiger partial charge in [-0.15, -0.1) is 11.3 Å². The number of hydrogen-bond acceptors (Lipinski definition) is 4. The van der Waals surface area contributed by atoms with Gasteiger partial charge in [-0.3, -0.25) is 9.59 Å². The lowest BCUT2D eigenvalue weighted by molar-refractivity contribution is 0.0652. The highest BCUT2D eigenvalue weighted by Gasteiger charge is 2.31. The summed E-state index contributed by atoms with van der Waals surface area (Å²) in [5.41, 5.74) is 0.534. The first kappa shape index (κ1) is 20.6. The van der Waals surface area contributed by atoms with Gasteiger partial charge in [-0.1, -0.05) is 13.8 Å². The number of aryl methyl sites for hydroxylation is 1. The average Bonchev–Trinajstić information content (AvgIpc) is 3.02. The second kappa shape index (κ2) is 8.47. The molecule has 150 valence electrons. The van der Waals surface area contributed by atoms with E-state index in [0.717, 1.165) is 35.3 Å². The van der Waals surface area contributed by atoms with Crippen molar-refractivity contribution in [2.24, 2.45) is 11.8 Å². The van der Waals surface area contributed by atoms with Crippen LogP contribution in [0.1, 0.15) is 57.4 Å². The van der Waals surface area contributed by atoms with Gasteiger partial charge in [0.15, 0.2) is 5.78 Å². The Morgan fingerprint density at radius 1 is 1.25 bits per heavy atom. The SMILES string of the molecule is Cc1nc(CC(C)C)sc1C(=O)N1CCC(C(=O)c2cc(F)ccc2F)CC1. The van der Waals surface area contributed by atoms with Crippen LogP contribution in [-0.2, 0) is 6.42 Å². The zero-order chi connectivity index (χ0) is 20.4. The van der Waals surface area contributed by atoms with Gasteiger partial charge in [0.05, 0.1) is 16.3 Å². The van der Waals surface area contributed by atoms with Crippen molar-refractivity contribution in [1.82, 2.24) is 9.88 Å². The van der Waals surface area contributed by atoms with Crippen molar-refractivity contribution in [2.75, 3.05) is 13.1 Å². The minimum atomic E-state index is -0.706. The molecule has 0 radical (unpaired) electrons. The third-order valence-corrected chi connectivity index (χ3v) is 6.13. The summed E-state index contributed by atoms with van der Waals surface area (Å²) in [5, 5.41) is 0.961. The van der Waals surface area contributed by atoms with Crippen molar-refractivity contribution in [1.29, 1.82) is 0 Å². The molecule has 1 saturated heterocycles. The van der Waals surface area contributed by atoms with E-state index >= 15 is 0 Å². The molecule has 4 nitrogen and oxygen atoms in total. The summed E-state index contributed by atoms with van der Waals surface area (Å²) in [6.07, 6.45) is 1.73. The Labute approximate surface area is 167 Å². The van der Waals surface area contributed by atoms with E-state index in [0.29, 0.717) is 36.7 Å². The Bertz CT molecular complexity index is 887. The number of likely N-dealkylation sites (tertiary alicyclic amines) is 1. The maximum absolute atomic E-state index is 13.9. The molecular formula is C21H24F2N2O2S. The van der Waals surface area contributed by atoms with E-state index < -0.39 is 23.3 Å². The molecule has 1 aromatic carbocycles. The lowest BCUT2D eigenvalue weighted by Crippen LogP contribution is -2.40. The summed E-state index contributed by atoms with van der Waals surface area (Å²) in [6.45, 7) is 6.91. The Morgan fingerprint density at radius 3 is 2.57 bits per heavy atom. The van der Waals surface area contributed by atoms with Crippen molar-refractivity contribution >= 4 is 23.0 Å². The van der Waals surface area contributed by atoms with Gasteiger partial charge in [-0.05, 0) is 43.9 Å². The summed E-state index contributed by atoms with van der Waals surface area (Å²) in [7, 11) is 0. The van der Waals surface area contributed by atoms with Crippen LogP contribution in [0, 0.1) is 30.4 Å². The van der Waals surface area contributed by atoms with Gasteiger partial charge < -0.3 is 4.90 Å². The maximum atomic E-state index is 13.9. The van der Waals surface area contributed by atoms with Crippen LogP contribution in [0.2, 0.25) is 0 Å². The molecule has 1 aromatic heterocycles. The molecule has 7 heteroatoms. The number of aromatic nitrogens is 1. The Morgan fingerprint density at radius 2 is 1.93 bits per heavy atom. The second-order valence-electron chi connectivity index (χ2n) is 7.68. The van der Waals surface area contributed by atoms with Crippen LogP contribution in [-0.4, -0.2) is 34.7 Å². The number of nitrogens with zero attached hydrogens (tertiary/aromatic N) is 2. The number of hydrogen-bond donors (Lipinski definition) is 0. The van der Waals surface area contributed by atoms with E-state index in [9.17, 15) is 18.4 Å². The van der Waals surface area contributed by atoms with Crippen LogP contribution in [0.15, 0.2) is 18.2 Å². The minimum Gasteiger partial charge on any atom is -0.338 e. The normalized spacial score (nSPS) is 15.3. The van der Waals surface area contributed by atoms with Crippen molar-refractivity contribution < 1.29 is 18.4 Å². The van der Waals surface area contributed by atoms with Crippen LogP contribution in [0.4, 0.5) is 8.78 Å². The van der Waals surface area contributed by atoms with Crippen LogP contribution in [0.3, 0.4) is 0 Å². The molecule has 28 heavy (non-hydrogen) atoms. The maximum Gasteiger partial charge on any atom is 0.265 e. The number of thiazole rings is 1. The number of carbonyl (C=O) groups excluding carboxylic acids is 2. The lowest BCUT2D eigenvalue weighted by Gasteiger charge is -2.31. The van der Waals surface area contributed by atoms with Gasteiger partial charge in [0, 0.05) is 25.4 Å². The first-order valence-corrected chi connectivity index (χ1v) is 10.3. The molecule has 2 aromatic rings. The predicted octanol–water partition coefficient (Wildman–Crippen LogP) is 4.66. The number of rotatable bonds is 5. The first-order valence-electron chi connectivity index (χ1n) is 9.51. The highest BCUT2D eigenvalue weighted by Crippen LogP contribution is 2.27. The summed E-state index contributed by atoms with van der Waals surface area (Å²) in [5.74, 6) is -1.72. The van der Waals surface area contributed by atoms with Gasteiger partial charge in [0.2, 0.25) is 0 Å². The number of benzene rings is 1. The van der Waals surface area contributed by atoms with Gasteiger partial charge in [0.1, 0.15) is 16.5 Å². The summed E-state index contributed by atoms with van der Waals surface area (Å²) < 4.78 is 27.3. The van der Waals surface area contributed by atoms with E-state index in [1.54, 1.807) is 4.90 Å². The number of carbonyl (C=O) groups is 2. The third-order valence-electron chi connectivity index (χ3n) is 4.96. The molecule has 3 rings (SSSR count). The van der Waals surface area contributed by atoms with E-state index in [1.807, 2.05) is 6.92 Å². The fraction of sp³-hybridized carbons (Fsp3) is 0.476. The number of Topliss-reactive ketones (excluding diaryl/α,β-unsaturated/α-hetero) is 1. The number of ketones is 1. The molecule has 0 N–H and O–H groups in total. The average molecular weight is 406 g/mol. The smallest absolute Gasteiger partial charge is 0.265 e. The Hall–Kier alpha value is -2.15. The number of halogens is 2. The molecule has 1 amide bonds. The van der Waals surface area contributed by atoms with E-state index in [2.05, 4.69) is 18.8 Å². The molecule has 0 atom stereocenters. The summed E-state index contributed by atoms with van der Waals surface area (Å²) in [6, 6.07) is 2.92. The van der Waals surface area contributed by atoms with Crippen molar-refractivity contribution in [3.63, 3.8) is 0 Å². The zero-order valence-corrected chi connectivity index (χ0v) is 17.1. The predicted molar refractivity (Wildman–Crippen MR) is 105 cm³/mol. The fourth-order valence-electron chi connectivity index (χ4n) is 3.48. The van der Waals surface area contributed by atoms with Crippen LogP contribution >= 0.6 is 11.3 Å². The molecule has 2 heterocycles. The highest BCUT2D eigenvalue weighted by molar-refractivity contribution is 7.13. The lowest BCUT2D eigenvalue weighted by atomic mass is 9.88. The number of amides is 1. The van der Waals surface area contributed by atoms with Crippen LogP contribution in [0.25, 0.3) is 0 Å². The zero-order valence-electron chi connectivity index (χ0n) is 16.3. The quantitative estimate of drug-likeness (QED) is 0.679. The third kappa shape index (κ3) is 4.46. The van der Waals surface area contributed by atoms with Crippen molar-refractivity contribution in [3.05, 3.63) is 51.0 Å². The summed E-state index contributed by atoms with van der Waals surface area (Å²) >= 11 is 1.44. The van der Waals surface area contributed by atoms with Gasteiger partial charge >= 0.3 is 0 Å². The molecule has 1 aliphatic rings. The van der Waals surface area contributed by atoms with E-state index in [1.165, 1.54) is 11.3 Å². The van der Waals surface area contributed by atoms with Crippen LogP contribution in [0.5, 0.6) is 0 Å². The van der Waals surface area contributed by atoms with E-state index in [-0.39, 0.29) is 11.5 Å². The molecule has 1 fully saturated rings. The topological polar surface area (TPSA) is 50.3 Å². The van der Waals surface area contributed by atoms with Gasteiger partial charge in [0.25, 0.3) is 5.91 Å².